The molecule has 0 saturated heterocycles. The van der Waals surface area contributed by atoms with Gasteiger partial charge in [-0.3, -0.25) is 0 Å². The molecule has 0 aliphatic rings. The first-order valence-corrected chi connectivity index (χ1v) is 5.95. The van der Waals surface area contributed by atoms with E-state index in [0.717, 1.165) is 17.0 Å². The van der Waals surface area contributed by atoms with E-state index in [1.54, 1.807) is 6.26 Å². The number of aliphatic hydroxyl groups is 1. The molecule has 1 atom stereocenters. The van der Waals surface area contributed by atoms with Gasteiger partial charge in [-0.05, 0) is 24.3 Å². The zero-order valence-corrected chi connectivity index (χ0v) is 10.0. The molecule has 17 heavy (non-hydrogen) atoms. The highest BCUT2D eigenvalue weighted by molar-refractivity contribution is 6.18. The Morgan fingerprint density at radius 3 is 2.88 bits per heavy atom. The predicted octanol–water partition coefficient (Wildman–Crippen LogP) is 2.96. The van der Waals surface area contributed by atoms with Gasteiger partial charge in [-0.2, -0.15) is 0 Å². The maximum Gasteiger partial charge on any atom is 0.133 e. The number of rotatable bonds is 5. The smallest absolute Gasteiger partial charge is 0.133 e. The number of hydrogen-bond donors (Lipinski definition) is 2. The van der Waals surface area contributed by atoms with Gasteiger partial charge in [0.15, 0.2) is 0 Å². The van der Waals surface area contributed by atoms with Gasteiger partial charge in [-0.15, -0.1) is 11.6 Å². The number of alkyl halides is 1. The van der Waals surface area contributed by atoms with E-state index in [9.17, 15) is 5.11 Å². The van der Waals surface area contributed by atoms with Gasteiger partial charge in [-0.25, -0.2) is 0 Å². The summed E-state index contributed by atoms with van der Waals surface area (Å²) in [5.41, 5.74) is 1.93. The molecule has 90 valence electrons. The van der Waals surface area contributed by atoms with E-state index in [0.29, 0.717) is 6.54 Å². The van der Waals surface area contributed by atoms with Crippen LogP contribution in [0.3, 0.4) is 0 Å². The average Bonchev–Trinajstić information content (AvgIpc) is 2.90. The fourth-order valence-corrected chi connectivity index (χ4v) is 1.62. The second-order valence-corrected chi connectivity index (χ2v) is 4.06. The lowest BCUT2D eigenvalue weighted by atomic mass is 10.1. The average molecular weight is 252 g/mol. The van der Waals surface area contributed by atoms with Crippen LogP contribution in [0, 0.1) is 0 Å². The van der Waals surface area contributed by atoms with E-state index in [4.69, 9.17) is 16.0 Å². The fraction of sp³-hybridized carbons (Fsp3) is 0.231. The molecule has 2 rings (SSSR count). The van der Waals surface area contributed by atoms with Crippen molar-refractivity contribution < 1.29 is 9.52 Å². The molecule has 0 saturated carbocycles. The molecule has 0 bridgehead atoms. The molecule has 1 aromatic carbocycles. The molecule has 2 N–H and O–H groups in total. The third kappa shape index (κ3) is 3.25. The minimum absolute atomic E-state index is 0.227. The van der Waals surface area contributed by atoms with Gasteiger partial charge in [0.25, 0.3) is 0 Å². The van der Waals surface area contributed by atoms with Crippen LogP contribution in [-0.2, 0) is 0 Å². The molecule has 0 radical (unpaired) electrons. The molecule has 0 fully saturated rings. The summed E-state index contributed by atoms with van der Waals surface area (Å²) in [7, 11) is 0. The van der Waals surface area contributed by atoms with Gasteiger partial charge < -0.3 is 14.8 Å². The Balaban J connectivity index is 2.07. The Morgan fingerprint density at radius 2 is 2.18 bits per heavy atom. The Hall–Kier alpha value is -1.45. The number of halogens is 1. The van der Waals surface area contributed by atoms with E-state index in [2.05, 4.69) is 5.32 Å². The van der Waals surface area contributed by atoms with E-state index < -0.39 is 6.10 Å². The first-order chi connectivity index (χ1) is 8.29. The zero-order valence-electron chi connectivity index (χ0n) is 9.27. The van der Waals surface area contributed by atoms with Crippen molar-refractivity contribution in [1.82, 2.24) is 0 Å². The van der Waals surface area contributed by atoms with Crippen molar-refractivity contribution in [2.75, 3.05) is 17.7 Å². The quantitative estimate of drug-likeness (QED) is 0.803. The SMILES string of the molecule is OC(CCl)CNc1cccc(-c2ccco2)c1. The summed E-state index contributed by atoms with van der Waals surface area (Å²) >= 11 is 5.53. The molecule has 1 unspecified atom stereocenters. The van der Waals surface area contributed by atoms with Crippen molar-refractivity contribution in [2.45, 2.75) is 6.10 Å². The fourth-order valence-electron chi connectivity index (χ4n) is 1.52. The van der Waals surface area contributed by atoms with E-state index in [1.807, 2.05) is 36.4 Å². The molecule has 1 aromatic heterocycles. The molecule has 2 aromatic rings. The third-order valence-corrected chi connectivity index (χ3v) is 2.74. The van der Waals surface area contributed by atoms with Crippen LogP contribution in [0.15, 0.2) is 47.1 Å². The summed E-state index contributed by atoms with van der Waals surface area (Å²) in [6, 6.07) is 11.6. The van der Waals surface area contributed by atoms with Gasteiger partial charge in [0.05, 0.1) is 18.2 Å². The summed E-state index contributed by atoms with van der Waals surface area (Å²) in [6.07, 6.45) is 1.11. The summed E-state index contributed by atoms with van der Waals surface area (Å²) < 4.78 is 5.32. The molecule has 3 nitrogen and oxygen atoms in total. The zero-order chi connectivity index (χ0) is 12.1. The van der Waals surface area contributed by atoms with Crippen LogP contribution in [-0.4, -0.2) is 23.6 Å². The van der Waals surface area contributed by atoms with Crippen LogP contribution < -0.4 is 5.32 Å². The minimum atomic E-state index is -0.538. The molecule has 0 aliphatic heterocycles. The Morgan fingerprint density at radius 1 is 1.29 bits per heavy atom. The number of hydrogen-bond acceptors (Lipinski definition) is 3. The third-order valence-electron chi connectivity index (χ3n) is 2.39. The predicted molar refractivity (Wildman–Crippen MR) is 69.4 cm³/mol. The summed E-state index contributed by atoms with van der Waals surface area (Å²) in [4.78, 5) is 0. The van der Waals surface area contributed by atoms with Gasteiger partial charge >= 0.3 is 0 Å². The van der Waals surface area contributed by atoms with Gasteiger partial charge in [0, 0.05) is 17.8 Å². The molecule has 0 spiro atoms. The van der Waals surface area contributed by atoms with Crippen LogP contribution >= 0.6 is 11.6 Å². The van der Waals surface area contributed by atoms with Crippen molar-refractivity contribution in [3.63, 3.8) is 0 Å². The largest absolute Gasteiger partial charge is 0.464 e. The lowest BCUT2D eigenvalue weighted by Gasteiger charge is -2.10. The Labute approximate surface area is 105 Å². The second-order valence-electron chi connectivity index (χ2n) is 3.75. The van der Waals surface area contributed by atoms with Crippen molar-refractivity contribution >= 4 is 17.3 Å². The van der Waals surface area contributed by atoms with Gasteiger partial charge in [0.1, 0.15) is 5.76 Å². The topological polar surface area (TPSA) is 45.4 Å². The molecular weight excluding hydrogens is 238 g/mol. The minimum Gasteiger partial charge on any atom is -0.464 e. The standard InChI is InChI=1S/C13H14ClNO2/c14-8-12(16)9-15-11-4-1-3-10(7-11)13-5-2-6-17-13/h1-7,12,15-16H,8-9H2. The summed E-state index contributed by atoms with van der Waals surface area (Å²) in [6.45, 7) is 0.436. The van der Waals surface area contributed by atoms with Crippen molar-refractivity contribution in [1.29, 1.82) is 0 Å². The normalized spacial score (nSPS) is 12.4. The maximum atomic E-state index is 9.36. The highest BCUT2D eigenvalue weighted by Crippen LogP contribution is 2.22. The molecule has 4 heteroatoms. The number of furan rings is 1. The highest BCUT2D eigenvalue weighted by atomic mass is 35.5. The summed E-state index contributed by atoms with van der Waals surface area (Å²) in [5.74, 6) is 1.05. The van der Waals surface area contributed by atoms with Crippen LogP contribution in [0.5, 0.6) is 0 Å². The van der Waals surface area contributed by atoms with E-state index in [-0.39, 0.29) is 5.88 Å². The van der Waals surface area contributed by atoms with Crippen LogP contribution in [0.4, 0.5) is 5.69 Å². The van der Waals surface area contributed by atoms with Crippen molar-refractivity contribution in [3.8, 4) is 11.3 Å². The van der Waals surface area contributed by atoms with Crippen LogP contribution in [0.2, 0.25) is 0 Å². The van der Waals surface area contributed by atoms with Crippen molar-refractivity contribution in [2.24, 2.45) is 0 Å². The Bertz CT molecular complexity index is 456. The molecule has 1 heterocycles. The van der Waals surface area contributed by atoms with Crippen LogP contribution in [0.25, 0.3) is 11.3 Å². The van der Waals surface area contributed by atoms with Crippen LogP contribution in [0.1, 0.15) is 0 Å². The first kappa shape index (κ1) is 12.0. The number of nitrogens with one attached hydrogen (secondary N) is 1. The van der Waals surface area contributed by atoms with Gasteiger partial charge in [-0.1, -0.05) is 12.1 Å². The maximum absolute atomic E-state index is 9.36. The molecular formula is C13H14ClNO2. The molecule has 0 amide bonds. The Kier molecular flexibility index (Phi) is 4.07. The lowest BCUT2D eigenvalue weighted by molar-refractivity contribution is 0.211. The van der Waals surface area contributed by atoms with E-state index >= 15 is 0 Å². The number of anilines is 1. The summed E-state index contributed by atoms with van der Waals surface area (Å²) in [5, 5.41) is 12.5. The van der Waals surface area contributed by atoms with E-state index in [1.165, 1.54) is 0 Å². The molecule has 0 aliphatic carbocycles. The number of aliphatic hydroxyl groups excluding tert-OH is 1. The van der Waals surface area contributed by atoms with Gasteiger partial charge in [0.2, 0.25) is 0 Å². The van der Waals surface area contributed by atoms with Crippen molar-refractivity contribution in [3.05, 3.63) is 42.7 Å². The lowest BCUT2D eigenvalue weighted by Crippen LogP contribution is -2.20. The second kappa shape index (κ2) is 5.75. The monoisotopic (exact) mass is 251 g/mol. The highest BCUT2D eigenvalue weighted by Gasteiger charge is 2.03. The number of benzene rings is 1. The first-order valence-electron chi connectivity index (χ1n) is 5.41.